The van der Waals surface area contributed by atoms with E-state index in [0.29, 0.717) is 29.7 Å². The Morgan fingerprint density at radius 3 is 2.10 bits per heavy atom. The van der Waals surface area contributed by atoms with Crippen LogP contribution in [-0.2, 0) is 4.79 Å². The normalized spacial score (nSPS) is 18.9. The monoisotopic (exact) mass is 418 g/mol. The third kappa shape index (κ3) is 4.18. The van der Waals surface area contributed by atoms with Gasteiger partial charge < -0.3 is 10.0 Å². The number of halogens is 2. The lowest BCUT2D eigenvalue weighted by Gasteiger charge is -2.48. The molecular formula is C25H20F2N2O2. The summed E-state index contributed by atoms with van der Waals surface area (Å²) in [6.45, 7) is 0. The van der Waals surface area contributed by atoms with E-state index in [4.69, 9.17) is 5.26 Å². The zero-order valence-electron chi connectivity index (χ0n) is 16.6. The second-order valence-corrected chi connectivity index (χ2v) is 7.61. The third-order valence-electron chi connectivity index (χ3n) is 5.71. The maximum atomic E-state index is 13.4. The smallest absolute Gasteiger partial charge is 0.233 e. The molecule has 0 radical (unpaired) electrons. The molecule has 1 N–H and O–H groups in total. The quantitative estimate of drug-likeness (QED) is 0.570. The number of nitrogens with zero attached hydrogens (tertiary/aromatic N) is 2. The SMILES string of the molecule is N#Cc1ccc(C2C(CCC(O)c3ccc(F)cc3)C(=O)N2c2ccc(F)cc2)cc1. The van der Waals surface area contributed by atoms with Crippen LogP contribution in [0.3, 0.4) is 0 Å². The van der Waals surface area contributed by atoms with Crippen LogP contribution in [0.4, 0.5) is 14.5 Å². The van der Waals surface area contributed by atoms with E-state index in [-0.39, 0.29) is 29.5 Å². The van der Waals surface area contributed by atoms with E-state index < -0.39 is 6.10 Å². The van der Waals surface area contributed by atoms with E-state index >= 15 is 0 Å². The lowest BCUT2D eigenvalue weighted by molar-refractivity contribution is -0.131. The first-order valence-electron chi connectivity index (χ1n) is 10.00. The summed E-state index contributed by atoms with van der Waals surface area (Å²) in [5.74, 6) is -1.23. The van der Waals surface area contributed by atoms with Crippen LogP contribution in [0.5, 0.6) is 0 Å². The van der Waals surface area contributed by atoms with Crippen molar-refractivity contribution >= 4 is 11.6 Å². The van der Waals surface area contributed by atoms with Crippen molar-refractivity contribution in [2.75, 3.05) is 4.90 Å². The Bertz CT molecular complexity index is 1110. The Balaban J connectivity index is 1.56. The van der Waals surface area contributed by atoms with Gasteiger partial charge in [-0.05, 0) is 72.5 Å². The number of amides is 1. The van der Waals surface area contributed by atoms with Crippen molar-refractivity contribution in [1.82, 2.24) is 0 Å². The number of carbonyl (C=O) groups is 1. The highest BCUT2D eigenvalue weighted by Crippen LogP contribution is 2.46. The molecule has 31 heavy (non-hydrogen) atoms. The molecule has 0 aliphatic carbocycles. The number of nitriles is 1. The molecule has 4 nitrogen and oxygen atoms in total. The summed E-state index contributed by atoms with van der Waals surface area (Å²) in [7, 11) is 0. The minimum atomic E-state index is -0.810. The average Bonchev–Trinajstić information content (AvgIpc) is 2.79. The maximum Gasteiger partial charge on any atom is 0.233 e. The number of hydrogen-bond acceptors (Lipinski definition) is 3. The zero-order valence-corrected chi connectivity index (χ0v) is 16.6. The highest BCUT2D eigenvalue weighted by molar-refractivity contribution is 6.03. The van der Waals surface area contributed by atoms with Crippen LogP contribution in [0.1, 0.15) is 41.7 Å². The Hall–Kier alpha value is -3.56. The zero-order chi connectivity index (χ0) is 22.0. The van der Waals surface area contributed by atoms with Gasteiger partial charge in [-0.15, -0.1) is 0 Å². The fourth-order valence-electron chi connectivity index (χ4n) is 4.04. The van der Waals surface area contributed by atoms with Gasteiger partial charge in [0.15, 0.2) is 0 Å². The lowest BCUT2D eigenvalue weighted by atomic mass is 9.78. The van der Waals surface area contributed by atoms with E-state index in [0.717, 1.165) is 5.56 Å². The minimum Gasteiger partial charge on any atom is -0.388 e. The molecule has 1 fully saturated rings. The van der Waals surface area contributed by atoms with Gasteiger partial charge in [-0.25, -0.2) is 8.78 Å². The molecular weight excluding hydrogens is 398 g/mol. The summed E-state index contributed by atoms with van der Waals surface area (Å²) < 4.78 is 26.5. The number of aliphatic hydroxyl groups is 1. The van der Waals surface area contributed by atoms with Crippen LogP contribution in [-0.4, -0.2) is 11.0 Å². The van der Waals surface area contributed by atoms with Gasteiger partial charge in [0.2, 0.25) is 5.91 Å². The molecule has 0 saturated carbocycles. The van der Waals surface area contributed by atoms with Gasteiger partial charge in [-0.1, -0.05) is 24.3 Å². The van der Waals surface area contributed by atoms with Gasteiger partial charge in [0.25, 0.3) is 0 Å². The number of rotatable bonds is 6. The van der Waals surface area contributed by atoms with Crippen molar-refractivity contribution in [1.29, 1.82) is 5.26 Å². The first-order valence-corrected chi connectivity index (χ1v) is 10.00. The summed E-state index contributed by atoms with van der Waals surface area (Å²) >= 11 is 0. The fraction of sp³-hybridized carbons (Fsp3) is 0.200. The van der Waals surface area contributed by atoms with Crippen molar-refractivity contribution in [3.63, 3.8) is 0 Å². The number of β-lactam (4-membered cyclic amide) rings is 1. The van der Waals surface area contributed by atoms with E-state index in [1.54, 1.807) is 29.2 Å². The molecule has 1 saturated heterocycles. The largest absolute Gasteiger partial charge is 0.388 e. The summed E-state index contributed by atoms with van der Waals surface area (Å²) in [4.78, 5) is 14.6. The predicted octanol–water partition coefficient (Wildman–Crippen LogP) is 5.05. The number of aliphatic hydroxyl groups excluding tert-OH is 1. The second-order valence-electron chi connectivity index (χ2n) is 7.61. The topological polar surface area (TPSA) is 64.3 Å². The molecule has 4 rings (SSSR count). The molecule has 3 aromatic rings. The molecule has 3 aromatic carbocycles. The van der Waals surface area contributed by atoms with Crippen molar-refractivity contribution < 1.29 is 18.7 Å². The van der Waals surface area contributed by atoms with Gasteiger partial charge in [0, 0.05) is 5.69 Å². The van der Waals surface area contributed by atoms with Crippen LogP contribution in [0, 0.1) is 28.9 Å². The van der Waals surface area contributed by atoms with Gasteiger partial charge in [-0.2, -0.15) is 5.26 Å². The first-order chi connectivity index (χ1) is 15.0. The van der Waals surface area contributed by atoms with Crippen molar-refractivity contribution in [2.45, 2.75) is 25.0 Å². The van der Waals surface area contributed by atoms with Crippen LogP contribution in [0.2, 0.25) is 0 Å². The molecule has 3 atom stereocenters. The Labute approximate surface area is 179 Å². The first kappa shape index (κ1) is 20.7. The lowest BCUT2D eigenvalue weighted by Crippen LogP contribution is -2.55. The molecule has 1 heterocycles. The van der Waals surface area contributed by atoms with Crippen LogP contribution in [0.15, 0.2) is 72.8 Å². The molecule has 1 aliphatic rings. The third-order valence-corrected chi connectivity index (χ3v) is 5.71. The molecule has 1 aliphatic heterocycles. The summed E-state index contributed by atoms with van der Waals surface area (Å²) in [5, 5.41) is 19.5. The highest BCUT2D eigenvalue weighted by atomic mass is 19.1. The Kier molecular flexibility index (Phi) is 5.79. The van der Waals surface area contributed by atoms with Crippen molar-refractivity contribution in [3.05, 3.63) is 101 Å². The highest BCUT2D eigenvalue weighted by Gasteiger charge is 2.48. The van der Waals surface area contributed by atoms with Crippen LogP contribution in [0.25, 0.3) is 0 Å². The van der Waals surface area contributed by atoms with Gasteiger partial charge in [0.05, 0.1) is 29.7 Å². The number of carbonyl (C=O) groups excluding carboxylic acids is 1. The summed E-state index contributed by atoms with van der Waals surface area (Å²) in [6, 6.07) is 20.2. The molecule has 0 bridgehead atoms. The molecule has 0 spiro atoms. The molecule has 6 heteroatoms. The van der Waals surface area contributed by atoms with Crippen molar-refractivity contribution in [3.8, 4) is 6.07 Å². The maximum absolute atomic E-state index is 13.4. The number of anilines is 1. The van der Waals surface area contributed by atoms with Crippen LogP contribution < -0.4 is 4.90 Å². The summed E-state index contributed by atoms with van der Waals surface area (Å²) in [5.41, 5.74) is 2.57. The summed E-state index contributed by atoms with van der Waals surface area (Å²) in [6.07, 6.45) is -0.0406. The van der Waals surface area contributed by atoms with E-state index in [2.05, 4.69) is 6.07 Å². The van der Waals surface area contributed by atoms with Gasteiger partial charge in [0.1, 0.15) is 11.6 Å². The molecule has 156 valence electrons. The fourth-order valence-corrected chi connectivity index (χ4v) is 4.04. The number of benzene rings is 3. The Morgan fingerprint density at radius 1 is 0.935 bits per heavy atom. The Morgan fingerprint density at radius 2 is 1.52 bits per heavy atom. The van der Waals surface area contributed by atoms with Gasteiger partial charge in [-0.3, -0.25) is 4.79 Å². The van der Waals surface area contributed by atoms with Gasteiger partial charge >= 0.3 is 0 Å². The molecule has 1 amide bonds. The predicted molar refractivity (Wildman–Crippen MR) is 112 cm³/mol. The standard InChI is InChI=1S/C25H20F2N2O2/c26-19-7-5-17(6-8-19)23(30)14-13-22-24(18-3-1-16(15-28)2-4-18)29(25(22)31)21-11-9-20(27)10-12-21/h1-12,22-24,30H,13-14H2. The molecule has 3 unspecified atom stereocenters. The van der Waals surface area contributed by atoms with Crippen LogP contribution >= 0.6 is 0 Å². The minimum absolute atomic E-state index is 0.104. The van der Waals surface area contributed by atoms with Crippen molar-refractivity contribution in [2.24, 2.45) is 5.92 Å². The van der Waals surface area contributed by atoms with E-state index in [1.807, 2.05) is 12.1 Å². The second kappa shape index (κ2) is 8.66. The van der Waals surface area contributed by atoms with E-state index in [9.17, 15) is 18.7 Å². The molecule has 0 aromatic heterocycles. The number of hydrogen-bond donors (Lipinski definition) is 1. The average molecular weight is 418 g/mol. The van der Waals surface area contributed by atoms with E-state index in [1.165, 1.54) is 36.4 Å².